The molecule has 2 unspecified atom stereocenters. The summed E-state index contributed by atoms with van der Waals surface area (Å²) in [4.78, 5) is 0. The van der Waals surface area contributed by atoms with E-state index >= 15 is 0 Å². The summed E-state index contributed by atoms with van der Waals surface area (Å²) in [5, 5.41) is 0. The van der Waals surface area contributed by atoms with Crippen LogP contribution in [0.1, 0.15) is 32.1 Å². The third kappa shape index (κ3) is 1.29. The maximum Gasteiger partial charge on any atom is 0.173 e. The standard InChI is InChI=1S/C12H19BrO2/c1-14-12(15-2)9-3-8-4-10(12)7-11(13,5-8)6-9/h8-10H,3-7H2,1-2H3. The van der Waals surface area contributed by atoms with Crippen molar-refractivity contribution in [2.75, 3.05) is 14.2 Å². The summed E-state index contributed by atoms with van der Waals surface area (Å²) < 4.78 is 11.9. The van der Waals surface area contributed by atoms with E-state index in [1.165, 1.54) is 32.1 Å². The average molecular weight is 275 g/mol. The van der Waals surface area contributed by atoms with Gasteiger partial charge in [0.2, 0.25) is 0 Å². The number of ether oxygens (including phenoxy) is 2. The lowest BCUT2D eigenvalue weighted by Crippen LogP contribution is -2.63. The van der Waals surface area contributed by atoms with E-state index in [-0.39, 0.29) is 5.79 Å². The second kappa shape index (κ2) is 3.21. The SMILES string of the molecule is COC1(OC)C2CC3CC1CC(Br)(C3)C2. The van der Waals surface area contributed by atoms with E-state index < -0.39 is 0 Å². The van der Waals surface area contributed by atoms with Crippen LogP contribution in [-0.2, 0) is 9.47 Å². The Labute approximate surface area is 99.8 Å². The summed E-state index contributed by atoms with van der Waals surface area (Å²) in [6.07, 6.45) is 6.41. The molecule has 0 amide bonds. The van der Waals surface area contributed by atoms with Gasteiger partial charge < -0.3 is 9.47 Å². The Hall–Kier alpha value is 0.400. The van der Waals surface area contributed by atoms with Crippen LogP contribution in [0, 0.1) is 17.8 Å². The van der Waals surface area contributed by atoms with Gasteiger partial charge in [-0.15, -0.1) is 0 Å². The van der Waals surface area contributed by atoms with Crippen molar-refractivity contribution >= 4 is 15.9 Å². The number of methoxy groups -OCH3 is 2. The first kappa shape index (κ1) is 10.5. The first-order valence-electron chi connectivity index (χ1n) is 5.91. The molecule has 4 bridgehead atoms. The molecule has 0 radical (unpaired) electrons. The lowest BCUT2D eigenvalue weighted by atomic mass is 9.53. The maximum absolute atomic E-state index is 5.77. The minimum atomic E-state index is -0.270. The molecule has 0 aromatic rings. The van der Waals surface area contributed by atoms with Crippen molar-refractivity contribution in [3.05, 3.63) is 0 Å². The van der Waals surface area contributed by atoms with Crippen LogP contribution in [0.5, 0.6) is 0 Å². The van der Waals surface area contributed by atoms with Crippen LogP contribution >= 0.6 is 15.9 Å². The molecule has 0 spiro atoms. The molecule has 4 aliphatic rings. The third-order valence-corrected chi connectivity index (χ3v) is 5.86. The first-order chi connectivity index (χ1) is 7.12. The summed E-state index contributed by atoms with van der Waals surface area (Å²) in [6.45, 7) is 0. The van der Waals surface area contributed by atoms with Crippen LogP contribution in [0.25, 0.3) is 0 Å². The molecule has 0 aromatic carbocycles. The predicted octanol–water partition coefficient (Wildman–Crippen LogP) is 2.95. The van der Waals surface area contributed by atoms with E-state index in [0.29, 0.717) is 16.2 Å². The van der Waals surface area contributed by atoms with Gasteiger partial charge in [0.05, 0.1) is 0 Å². The van der Waals surface area contributed by atoms with Gasteiger partial charge in [0.25, 0.3) is 0 Å². The van der Waals surface area contributed by atoms with Gasteiger partial charge in [0, 0.05) is 30.4 Å². The molecule has 2 atom stereocenters. The average Bonchev–Trinajstić information content (AvgIpc) is 2.16. The molecule has 4 aliphatic carbocycles. The van der Waals surface area contributed by atoms with Crippen molar-refractivity contribution in [2.24, 2.45) is 17.8 Å². The molecule has 2 nitrogen and oxygen atoms in total. The number of alkyl halides is 1. The van der Waals surface area contributed by atoms with E-state index in [0.717, 1.165) is 5.92 Å². The topological polar surface area (TPSA) is 18.5 Å². The van der Waals surface area contributed by atoms with Gasteiger partial charge in [-0.3, -0.25) is 0 Å². The predicted molar refractivity (Wildman–Crippen MR) is 62.0 cm³/mol. The van der Waals surface area contributed by atoms with Gasteiger partial charge in [-0.25, -0.2) is 0 Å². The van der Waals surface area contributed by atoms with Crippen molar-refractivity contribution in [1.29, 1.82) is 0 Å². The van der Waals surface area contributed by atoms with Crippen LogP contribution in [0.3, 0.4) is 0 Å². The van der Waals surface area contributed by atoms with Crippen LogP contribution in [0.2, 0.25) is 0 Å². The fourth-order valence-electron chi connectivity index (χ4n) is 4.58. The maximum atomic E-state index is 5.77. The van der Waals surface area contributed by atoms with Crippen LogP contribution in [-0.4, -0.2) is 24.3 Å². The zero-order chi connectivity index (χ0) is 10.7. The van der Waals surface area contributed by atoms with E-state index in [9.17, 15) is 0 Å². The molecule has 0 aromatic heterocycles. The van der Waals surface area contributed by atoms with Crippen LogP contribution < -0.4 is 0 Å². The molecule has 0 heterocycles. The summed E-state index contributed by atoms with van der Waals surface area (Å²) in [6, 6.07) is 0. The number of halogens is 1. The van der Waals surface area contributed by atoms with Gasteiger partial charge in [-0.2, -0.15) is 0 Å². The zero-order valence-electron chi connectivity index (χ0n) is 9.46. The van der Waals surface area contributed by atoms with Gasteiger partial charge in [-0.05, 0) is 38.0 Å². The van der Waals surface area contributed by atoms with Crippen molar-refractivity contribution in [3.8, 4) is 0 Å². The van der Waals surface area contributed by atoms with Crippen LogP contribution in [0.4, 0.5) is 0 Å². The molecule has 4 saturated carbocycles. The molecule has 0 saturated heterocycles. The number of hydrogen-bond acceptors (Lipinski definition) is 2. The van der Waals surface area contributed by atoms with Gasteiger partial charge in [0.15, 0.2) is 5.79 Å². The van der Waals surface area contributed by atoms with Crippen molar-refractivity contribution in [3.63, 3.8) is 0 Å². The quantitative estimate of drug-likeness (QED) is 0.570. The Morgan fingerprint density at radius 3 is 1.93 bits per heavy atom. The number of hydrogen-bond donors (Lipinski definition) is 0. The fraction of sp³-hybridized carbons (Fsp3) is 1.00. The zero-order valence-corrected chi connectivity index (χ0v) is 11.0. The minimum Gasteiger partial charge on any atom is -0.353 e. The highest BCUT2D eigenvalue weighted by Crippen LogP contribution is 2.63. The van der Waals surface area contributed by atoms with Gasteiger partial charge in [0.1, 0.15) is 0 Å². The highest BCUT2D eigenvalue weighted by molar-refractivity contribution is 9.10. The third-order valence-electron chi connectivity index (χ3n) is 4.89. The van der Waals surface area contributed by atoms with E-state index in [4.69, 9.17) is 9.47 Å². The Bertz CT molecular complexity index is 257. The number of rotatable bonds is 2. The monoisotopic (exact) mass is 274 g/mol. The van der Waals surface area contributed by atoms with E-state index in [2.05, 4.69) is 15.9 Å². The summed E-state index contributed by atoms with van der Waals surface area (Å²) in [7, 11) is 3.62. The first-order valence-corrected chi connectivity index (χ1v) is 6.70. The molecule has 4 rings (SSSR count). The van der Waals surface area contributed by atoms with Crippen molar-refractivity contribution < 1.29 is 9.47 Å². The summed E-state index contributed by atoms with van der Waals surface area (Å²) >= 11 is 3.96. The van der Waals surface area contributed by atoms with Gasteiger partial charge >= 0.3 is 0 Å². The second-order valence-electron chi connectivity index (χ2n) is 5.62. The Balaban J connectivity index is 1.96. The molecule has 0 N–H and O–H groups in total. The lowest BCUT2D eigenvalue weighted by Gasteiger charge is -2.62. The normalized spacial score (nSPS) is 51.0. The lowest BCUT2D eigenvalue weighted by molar-refractivity contribution is -0.315. The Morgan fingerprint density at radius 1 is 1.00 bits per heavy atom. The smallest absolute Gasteiger partial charge is 0.173 e. The Morgan fingerprint density at radius 2 is 1.53 bits per heavy atom. The fourth-order valence-corrected chi connectivity index (χ4v) is 5.82. The van der Waals surface area contributed by atoms with Gasteiger partial charge in [-0.1, -0.05) is 15.9 Å². The highest BCUT2D eigenvalue weighted by Gasteiger charge is 2.62. The molecule has 86 valence electrons. The summed E-state index contributed by atoms with van der Waals surface area (Å²) in [5.74, 6) is 1.82. The molecule has 4 fully saturated rings. The van der Waals surface area contributed by atoms with E-state index in [1.54, 1.807) is 0 Å². The molecule has 3 heteroatoms. The van der Waals surface area contributed by atoms with Crippen LogP contribution in [0.15, 0.2) is 0 Å². The van der Waals surface area contributed by atoms with Crippen molar-refractivity contribution in [2.45, 2.75) is 42.2 Å². The van der Waals surface area contributed by atoms with Crippen molar-refractivity contribution in [1.82, 2.24) is 0 Å². The van der Waals surface area contributed by atoms with E-state index in [1.807, 2.05) is 14.2 Å². The molecule has 15 heavy (non-hydrogen) atoms. The minimum absolute atomic E-state index is 0.270. The highest BCUT2D eigenvalue weighted by atomic mass is 79.9. The largest absolute Gasteiger partial charge is 0.353 e. The molecule has 0 aliphatic heterocycles. The summed E-state index contributed by atoms with van der Waals surface area (Å²) in [5.41, 5.74) is 0. The molecular formula is C12H19BrO2. The second-order valence-corrected chi connectivity index (χ2v) is 7.31. The molecular weight excluding hydrogens is 256 g/mol. The Kier molecular flexibility index (Phi) is 2.25.